The molecule has 35 heavy (non-hydrogen) atoms. The van der Waals surface area contributed by atoms with Crippen LogP contribution in [0.4, 0.5) is 5.13 Å². The molecule has 13 heteroatoms. The van der Waals surface area contributed by atoms with E-state index in [9.17, 15) is 24.3 Å². The second kappa shape index (κ2) is 9.88. The zero-order chi connectivity index (χ0) is 25.3. The molecular weight excluding hydrogens is 516 g/mol. The summed E-state index contributed by atoms with van der Waals surface area (Å²) in [6.45, 7) is 0.742. The number of aliphatic carboxylic acids is 1. The first-order valence-electron chi connectivity index (χ1n) is 10.4. The number of rotatable bonds is 7. The summed E-state index contributed by atoms with van der Waals surface area (Å²) in [6.07, 6.45) is 1.63. The monoisotopic (exact) mass is 536 g/mol. The van der Waals surface area contributed by atoms with Crippen LogP contribution in [0.25, 0.3) is 11.6 Å². The molecule has 1 aromatic heterocycles. The van der Waals surface area contributed by atoms with E-state index in [-0.39, 0.29) is 24.5 Å². The first kappa shape index (κ1) is 25.0. The summed E-state index contributed by atoms with van der Waals surface area (Å²) in [7, 11) is 0. The van der Waals surface area contributed by atoms with Crippen LogP contribution < -0.4 is 11.1 Å². The van der Waals surface area contributed by atoms with Crippen LogP contribution in [0.2, 0.25) is 5.02 Å². The molecular formula is C22H21ClN4O6S2. The average Bonchev–Trinajstić information content (AvgIpc) is 3.26. The summed E-state index contributed by atoms with van der Waals surface area (Å²) in [5, 5.41) is 14.6. The number of ether oxygens (including phenoxy) is 1. The number of esters is 1. The number of carbonyl (C=O) groups is 4. The van der Waals surface area contributed by atoms with Gasteiger partial charge in [0.05, 0.1) is 11.3 Å². The number of nitrogen functional groups attached to an aromatic ring is 1. The fraction of sp³-hybridized carbons (Fsp3) is 0.318. The van der Waals surface area contributed by atoms with Crippen molar-refractivity contribution in [2.75, 3.05) is 24.6 Å². The molecule has 0 aliphatic carbocycles. The zero-order valence-corrected chi connectivity index (χ0v) is 20.8. The Labute approximate surface area is 213 Å². The number of thioether (sulfide) groups is 1. The quantitative estimate of drug-likeness (QED) is 0.274. The largest absolute Gasteiger partial charge is 0.481 e. The standard InChI is InChI=1S/C22H21ClN4O6S2/c1-11(28)33-9-22(20(31)32)8-27-18(30)16(19(27)35-10-22)26-17(29)14(15-7-34-21(24)25-15)6-12-2-4-13(23)5-3-12/h2-7,16,19H,8-10H2,1H3,(H2,24,25)(H,26,29)(H,31,32)/t16?,19-,22?/m1/s1. The second-order valence-electron chi connectivity index (χ2n) is 8.17. The lowest BCUT2D eigenvalue weighted by Crippen LogP contribution is -2.74. The van der Waals surface area contributed by atoms with Gasteiger partial charge in [-0.25, -0.2) is 4.98 Å². The van der Waals surface area contributed by atoms with E-state index in [4.69, 9.17) is 22.1 Å². The lowest BCUT2D eigenvalue weighted by molar-refractivity contribution is -0.164. The minimum absolute atomic E-state index is 0.116. The van der Waals surface area contributed by atoms with Crippen molar-refractivity contribution in [3.05, 3.63) is 45.9 Å². The number of β-lactam (4-membered cyclic amide) rings is 1. The summed E-state index contributed by atoms with van der Waals surface area (Å²) in [6, 6.07) is 6.03. The highest BCUT2D eigenvalue weighted by Crippen LogP contribution is 2.42. The molecule has 2 amide bonds. The maximum atomic E-state index is 13.2. The summed E-state index contributed by atoms with van der Waals surface area (Å²) in [4.78, 5) is 54.8. The molecule has 2 aromatic rings. The van der Waals surface area contributed by atoms with Crippen LogP contribution in [-0.2, 0) is 23.9 Å². The number of thiazole rings is 1. The van der Waals surface area contributed by atoms with Gasteiger partial charge in [-0.05, 0) is 23.8 Å². The number of hydrogen-bond acceptors (Lipinski definition) is 9. The number of fused-ring (bicyclic) bond motifs is 1. The first-order chi connectivity index (χ1) is 16.6. The number of amides is 2. The van der Waals surface area contributed by atoms with E-state index < -0.39 is 40.6 Å². The van der Waals surface area contributed by atoms with Crippen LogP contribution in [0.1, 0.15) is 18.2 Å². The molecule has 2 aliphatic heterocycles. The Morgan fingerprint density at radius 1 is 1.37 bits per heavy atom. The molecule has 0 saturated carbocycles. The van der Waals surface area contributed by atoms with Crippen LogP contribution >= 0.6 is 34.7 Å². The van der Waals surface area contributed by atoms with E-state index >= 15 is 0 Å². The van der Waals surface area contributed by atoms with Gasteiger partial charge in [0.1, 0.15) is 23.4 Å². The van der Waals surface area contributed by atoms with Gasteiger partial charge in [-0.2, -0.15) is 0 Å². The van der Waals surface area contributed by atoms with Gasteiger partial charge in [-0.3, -0.25) is 19.2 Å². The average molecular weight is 537 g/mol. The van der Waals surface area contributed by atoms with Gasteiger partial charge in [-0.15, -0.1) is 23.1 Å². The Hall–Kier alpha value is -3.09. The third-order valence-corrected chi connectivity index (χ3v) is 8.17. The summed E-state index contributed by atoms with van der Waals surface area (Å²) in [5.41, 5.74) is 5.65. The Bertz CT molecular complexity index is 1220. The molecule has 3 atom stereocenters. The zero-order valence-electron chi connectivity index (χ0n) is 18.4. The third-order valence-electron chi connectivity index (χ3n) is 5.66. The lowest BCUT2D eigenvalue weighted by atomic mass is 9.88. The van der Waals surface area contributed by atoms with Crippen molar-refractivity contribution >= 4 is 75.2 Å². The molecule has 0 radical (unpaired) electrons. The number of nitrogens with two attached hydrogens (primary N) is 1. The maximum Gasteiger partial charge on any atom is 0.315 e. The highest BCUT2D eigenvalue weighted by atomic mass is 35.5. The van der Waals surface area contributed by atoms with Crippen molar-refractivity contribution in [2.45, 2.75) is 18.3 Å². The summed E-state index contributed by atoms with van der Waals surface area (Å²) in [5.74, 6) is -2.56. The van der Waals surface area contributed by atoms with Crippen LogP contribution in [0.15, 0.2) is 29.6 Å². The summed E-state index contributed by atoms with van der Waals surface area (Å²) >= 11 is 8.35. The number of carbonyl (C=O) groups excluding carboxylic acids is 3. The Morgan fingerprint density at radius 2 is 2.09 bits per heavy atom. The van der Waals surface area contributed by atoms with Crippen LogP contribution in [-0.4, -0.2) is 69.1 Å². The van der Waals surface area contributed by atoms with E-state index in [1.807, 2.05) is 0 Å². The van der Waals surface area contributed by atoms with Gasteiger partial charge in [0.2, 0.25) is 5.91 Å². The highest BCUT2D eigenvalue weighted by Gasteiger charge is 2.58. The van der Waals surface area contributed by atoms with Crippen LogP contribution in [0.5, 0.6) is 0 Å². The topological polar surface area (TPSA) is 152 Å². The highest BCUT2D eigenvalue weighted by molar-refractivity contribution is 8.00. The normalized spacial score (nSPS) is 23.8. The van der Waals surface area contributed by atoms with Crippen molar-refractivity contribution in [2.24, 2.45) is 5.41 Å². The van der Waals surface area contributed by atoms with Crippen molar-refractivity contribution < 1.29 is 29.0 Å². The number of halogens is 1. The van der Waals surface area contributed by atoms with E-state index in [2.05, 4.69) is 10.3 Å². The van der Waals surface area contributed by atoms with E-state index in [1.54, 1.807) is 35.7 Å². The molecule has 2 fully saturated rings. The van der Waals surface area contributed by atoms with Gasteiger partial charge in [0.25, 0.3) is 5.91 Å². The number of aromatic nitrogens is 1. The fourth-order valence-corrected chi connectivity index (χ4v) is 5.97. The predicted octanol–water partition coefficient (Wildman–Crippen LogP) is 1.95. The fourth-order valence-electron chi connectivity index (χ4n) is 3.76. The molecule has 4 rings (SSSR count). The molecule has 2 unspecified atom stereocenters. The number of hydrogen-bond donors (Lipinski definition) is 3. The van der Waals surface area contributed by atoms with Crippen LogP contribution in [0.3, 0.4) is 0 Å². The summed E-state index contributed by atoms with van der Waals surface area (Å²) < 4.78 is 4.95. The minimum atomic E-state index is -1.41. The molecule has 184 valence electrons. The number of anilines is 1. The van der Waals surface area contributed by atoms with E-state index in [0.717, 1.165) is 0 Å². The molecule has 0 spiro atoms. The van der Waals surface area contributed by atoms with Crippen molar-refractivity contribution in [3.8, 4) is 0 Å². The number of nitrogens with one attached hydrogen (secondary N) is 1. The van der Waals surface area contributed by atoms with Crippen LogP contribution in [0, 0.1) is 5.41 Å². The Balaban J connectivity index is 1.51. The number of benzene rings is 1. The number of carboxylic acid groups (broad SMARTS) is 1. The van der Waals surface area contributed by atoms with E-state index in [1.165, 1.54) is 34.9 Å². The van der Waals surface area contributed by atoms with Crippen molar-refractivity contribution in [1.82, 2.24) is 15.2 Å². The third kappa shape index (κ3) is 5.14. The SMILES string of the molecule is CC(=O)OCC1(C(=O)O)CS[C@@H]2C(NC(=O)C(=Cc3ccc(Cl)cc3)c3csc(N)n3)C(=O)N2C1. The molecule has 3 heterocycles. The van der Waals surface area contributed by atoms with Crippen molar-refractivity contribution in [3.63, 3.8) is 0 Å². The lowest BCUT2D eigenvalue weighted by Gasteiger charge is -2.53. The van der Waals surface area contributed by atoms with Gasteiger partial charge >= 0.3 is 11.9 Å². The molecule has 10 nitrogen and oxygen atoms in total. The molecule has 4 N–H and O–H groups in total. The van der Waals surface area contributed by atoms with E-state index in [0.29, 0.717) is 21.4 Å². The minimum Gasteiger partial charge on any atom is -0.481 e. The molecule has 2 aliphatic rings. The first-order valence-corrected chi connectivity index (χ1v) is 12.7. The van der Waals surface area contributed by atoms with Gasteiger partial charge in [0, 0.05) is 29.6 Å². The van der Waals surface area contributed by atoms with Crippen molar-refractivity contribution in [1.29, 1.82) is 0 Å². The Kier molecular flexibility index (Phi) is 7.06. The Morgan fingerprint density at radius 3 is 2.69 bits per heavy atom. The van der Waals surface area contributed by atoms with Gasteiger partial charge in [-0.1, -0.05) is 23.7 Å². The second-order valence-corrected chi connectivity index (χ2v) is 10.6. The molecule has 2 saturated heterocycles. The molecule has 1 aromatic carbocycles. The molecule has 0 bridgehead atoms. The maximum absolute atomic E-state index is 13.2. The predicted molar refractivity (Wildman–Crippen MR) is 132 cm³/mol. The smallest absolute Gasteiger partial charge is 0.315 e. The number of nitrogens with zero attached hydrogens (tertiary/aromatic N) is 2. The van der Waals surface area contributed by atoms with Gasteiger partial charge in [0.15, 0.2) is 5.13 Å². The number of carboxylic acids is 1. The van der Waals surface area contributed by atoms with Gasteiger partial charge < -0.3 is 25.8 Å².